The highest BCUT2D eigenvalue weighted by molar-refractivity contribution is 6.30. The van der Waals surface area contributed by atoms with Crippen molar-refractivity contribution in [3.8, 4) is 0 Å². The predicted molar refractivity (Wildman–Crippen MR) is 104 cm³/mol. The van der Waals surface area contributed by atoms with E-state index in [4.69, 9.17) is 11.6 Å². The summed E-state index contributed by atoms with van der Waals surface area (Å²) in [5, 5.41) is 4.88. The van der Waals surface area contributed by atoms with Crippen molar-refractivity contribution in [3.05, 3.63) is 70.9 Å². The molecule has 1 aromatic heterocycles. The number of halogens is 1. The Morgan fingerprint density at radius 2 is 1.88 bits per heavy atom. The lowest BCUT2D eigenvalue weighted by atomic mass is 10.1. The molecular weight excluding hydrogens is 332 g/mol. The van der Waals surface area contributed by atoms with Gasteiger partial charge in [-0.25, -0.2) is 0 Å². The summed E-state index contributed by atoms with van der Waals surface area (Å²) in [4.78, 5) is 12.2. The van der Waals surface area contributed by atoms with Crippen LogP contribution in [0.15, 0.2) is 54.7 Å². The fourth-order valence-electron chi connectivity index (χ4n) is 3.02. The maximum atomic E-state index is 12.2. The van der Waals surface area contributed by atoms with Crippen LogP contribution in [0.2, 0.25) is 5.02 Å². The minimum absolute atomic E-state index is 0.0860. The molecule has 25 heavy (non-hydrogen) atoms. The van der Waals surface area contributed by atoms with Crippen LogP contribution in [0, 0.1) is 0 Å². The van der Waals surface area contributed by atoms with Crippen LogP contribution in [-0.4, -0.2) is 17.0 Å². The summed E-state index contributed by atoms with van der Waals surface area (Å²) >= 11 is 5.97. The number of nitrogens with zero attached hydrogens (tertiary/aromatic N) is 1. The van der Waals surface area contributed by atoms with Gasteiger partial charge >= 0.3 is 0 Å². The van der Waals surface area contributed by atoms with Crippen LogP contribution >= 0.6 is 11.6 Å². The first kappa shape index (κ1) is 17.6. The molecule has 0 unspecified atom stereocenters. The van der Waals surface area contributed by atoms with Crippen molar-refractivity contribution < 1.29 is 4.79 Å². The van der Waals surface area contributed by atoms with E-state index in [-0.39, 0.29) is 5.91 Å². The summed E-state index contributed by atoms with van der Waals surface area (Å²) in [6, 6.07) is 16.1. The van der Waals surface area contributed by atoms with Crippen LogP contribution in [0.4, 0.5) is 0 Å². The van der Waals surface area contributed by atoms with Crippen molar-refractivity contribution >= 4 is 28.4 Å². The van der Waals surface area contributed by atoms with E-state index in [0.29, 0.717) is 6.42 Å². The molecule has 0 spiro atoms. The van der Waals surface area contributed by atoms with Gasteiger partial charge in [-0.3, -0.25) is 4.79 Å². The van der Waals surface area contributed by atoms with E-state index in [0.717, 1.165) is 47.4 Å². The van der Waals surface area contributed by atoms with Gasteiger partial charge in [0.15, 0.2) is 0 Å². The number of aromatic nitrogens is 1. The third-order valence-electron chi connectivity index (χ3n) is 4.34. The Morgan fingerprint density at radius 1 is 1.12 bits per heavy atom. The molecule has 4 heteroatoms. The Bertz CT molecular complexity index is 852. The first-order valence-corrected chi connectivity index (χ1v) is 9.13. The molecule has 3 nitrogen and oxygen atoms in total. The molecular formula is C21H23ClN2O. The molecule has 3 aromatic rings. The summed E-state index contributed by atoms with van der Waals surface area (Å²) in [5.74, 6) is 0.0860. The third kappa shape index (κ3) is 4.43. The van der Waals surface area contributed by atoms with Gasteiger partial charge in [-0.1, -0.05) is 55.3 Å². The molecule has 0 fully saturated rings. The van der Waals surface area contributed by atoms with Gasteiger partial charge in [0.2, 0.25) is 5.91 Å². The van der Waals surface area contributed by atoms with Gasteiger partial charge in [0.25, 0.3) is 0 Å². The van der Waals surface area contributed by atoms with Crippen LogP contribution in [0.3, 0.4) is 0 Å². The van der Waals surface area contributed by atoms with Gasteiger partial charge < -0.3 is 9.88 Å². The van der Waals surface area contributed by atoms with Crippen LogP contribution in [0.25, 0.3) is 10.9 Å². The third-order valence-corrected chi connectivity index (χ3v) is 4.59. The number of carbonyl (C=O) groups excluding carboxylic acids is 1. The summed E-state index contributed by atoms with van der Waals surface area (Å²) in [6.45, 7) is 3.63. The maximum Gasteiger partial charge on any atom is 0.224 e. The lowest BCUT2D eigenvalue weighted by molar-refractivity contribution is -0.120. The van der Waals surface area contributed by atoms with E-state index < -0.39 is 0 Å². The number of para-hydroxylation sites is 1. The van der Waals surface area contributed by atoms with Crippen LogP contribution in [0.1, 0.15) is 30.9 Å². The maximum absolute atomic E-state index is 12.2. The zero-order valence-corrected chi connectivity index (χ0v) is 15.2. The summed E-state index contributed by atoms with van der Waals surface area (Å²) in [7, 11) is 0. The van der Waals surface area contributed by atoms with E-state index in [2.05, 4.69) is 35.1 Å². The monoisotopic (exact) mass is 354 g/mol. The zero-order chi connectivity index (χ0) is 17.6. The average Bonchev–Trinajstić information content (AvgIpc) is 2.95. The molecule has 0 radical (unpaired) electrons. The SMILES string of the molecule is CCCCNC(=O)Cc1cn(Cc2ccc(Cl)cc2)c2ccccc12. The Kier molecular flexibility index (Phi) is 5.77. The molecule has 0 saturated carbocycles. The highest BCUT2D eigenvalue weighted by Crippen LogP contribution is 2.23. The molecule has 0 aliphatic heterocycles. The predicted octanol–water partition coefficient (Wildman–Crippen LogP) is 4.80. The normalized spacial score (nSPS) is 11.0. The second-order valence-corrected chi connectivity index (χ2v) is 6.74. The zero-order valence-electron chi connectivity index (χ0n) is 14.5. The fraction of sp³-hybridized carbons (Fsp3) is 0.286. The number of nitrogens with one attached hydrogen (secondary N) is 1. The topological polar surface area (TPSA) is 34.0 Å². The Labute approximate surface area is 153 Å². The van der Waals surface area contributed by atoms with E-state index in [1.165, 1.54) is 5.56 Å². The van der Waals surface area contributed by atoms with Gasteiger partial charge in [-0.05, 0) is 35.7 Å². The van der Waals surface area contributed by atoms with Gasteiger partial charge in [0.05, 0.1) is 6.42 Å². The van der Waals surface area contributed by atoms with E-state index in [1.54, 1.807) is 0 Å². The Balaban J connectivity index is 1.82. The average molecular weight is 355 g/mol. The van der Waals surface area contributed by atoms with Crippen LogP contribution < -0.4 is 5.32 Å². The van der Waals surface area contributed by atoms with Gasteiger partial charge in [-0.15, -0.1) is 0 Å². The quantitative estimate of drug-likeness (QED) is 0.607. The first-order valence-electron chi connectivity index (χ1n) is 8.75. The molecule has 2 aromatic carbocycles. The largest absolute Gasteiger partial charge is 0.356 e. The van der Waals surface area contributed by atoms with Crippen molar-refractivity contribution in [2.24, 2.45) is 0 Å². The fourth-order valence-corrected chi connectivity index (χ4v) is 3.15. The number of unbranched alkanes of at least 4 members (excludes halogenated alkanes) is 1. The smallest absolute Gasteiger partial charge is 0.224 e. The van der Waals surface area contributed by atoms with E-state index >= 15 is 0 Å². The van der Waals surface area contributed by atoms with Gasteiger partial charge in [-0.2, -0.15) is 0 Å². The number of hydrogen-bond acceptors (Lipinski definition) is 1. The van der Waals surface area contributed by atoms with E-state index in [1.807, 2.05) is 36.4 Å². The van der Waals surface area contributed by atoms with Crippen molar-refractivity contribution in [1.82, 2.24) is 9.88 Å². The molecule has 0 aliphatic carbocycles. The highest BCUT2D eigenvalue weighted by atomic mass is 35.5. The number of carbonyl (C=O) groups is 1. The van der Waals surface area contributed by atoms with E-state index in [9.17, 15) is 4.79 Å². The van der Waals surface area contributed by atoms with Crippen LogP contribution in [0.5, 0.6) is 0 Å². The molecule has 130 valence electrons. The second kappa shape index (κ2) is 8.21. The highest BCUT2D eigenvalue weighted by Gasteiger charge is 2.12. The molecule has 3 rings (SSSR count). The standard InChI is InChI=1S/C21H23ClN2O/c1-2-3-12-23-21(25)13-17-15-24(20-7-5-4-6-19(17)20)14-16-8-10-18(22)11-9-16/h4-11,15H,2-3,12-14H2,1H3,(H,23,25). The lowest BCUT2D eigenvalue weighted by Gasteiger charge is -2.05. The van der Waals surface area contributed by atoms with Crippen molar-refractivity contribution in [2.75, 3.05) is 6.54 Å². The second-order valence-electron chi connectivity index (χ2n) is 6.31. The summed E-state index contributed by atoms with van der Waals surface area (Å²) < 4.78 is 2.20. The minimum atomic E-state index is 0.0860. The number of hydrogen-bond donors (Lipinski definition) is 1. The Morgan fingerprint density at radius 3 is 2.64 bits per heavy atom. The van der Waals surface area contributed by atoms with Gasteiger partial charge in [0.1, 0.15) is 0 Å². The summed E-state index contributed by atoms with van der Waals surface area (Å²) in [6.07, 6.45) is 4.61. The molecule has 0 saturated heterocycles. The van der Waals surface area contributed by atoms with Crippen molar-refractivity contribution in [3.63, 3.8) is 0 Å². The minimum Gasteiger partial charge on any atom is -0.356 e. The molecule has 0 bridgehead atoms. The molecule has 1 heterocycles. The molecule has 1 N–H and O–H groups in total. The summed E-state index contributed by atoms with van der Waals surface area (Å²) in [5.41, 5.74) is 3.40. The first-order chi connectivity index (χ1) is 12.2. The van der Waals surface area contributed by atoms with Gasteiger partial charge in [0, 0.05) is 35.2 Å². The van der Waals surface area contributed by atoms with Crippen molar-refractivity contribution in [1.29, 1.82) is 0 Å². The molecule has 0 atom stereocenters. The number of rotatable bonds is 7. The number of amides is 1. The lowest BCUT2D eigenvalue weighted by Crippen LogP contribution is -2.25. The number of benzene rings is 2. The number of fused-ring (bicyclic) bond motifs is 1. The molecule has 0 aliphatic rings. The van der Waals surface area contributed by atoms with Crippen LogP contribution in [-0.2, 0) is 17.8 Å². The van der Waals surface area contributed by atoms with Crippen molar-refractivity contribution in [2.45, 2.75) is 32.7 Å². The molecule has 1 amide bonds. The Hall–Kier alpha value is -2.26.